The topological polar surface area (TPSA) is 93.0 Å². The summed E-state index contributed by atoms with van der Waals surface area (Å²) >= 11 is 0. The molecule has 0 aliphatic carbocycles. The highest BCUT2D eigenvalue weighted by atomic mass is 16.2. The maximum absolute atomic E-state index is 12.9. The van der Waals surface area contributed by atoms with Gasteiger partial charge in [-0.25, -0.2) is 15.0 Å². The molecule has 3 rings (SSSR count). The Kier molecular flexibility index (Phi) is 5.29. The summed E-state index contributed by atoms with van der Waals surface area (Å²) in [6.07, 6.45) is 7.05. The van der Waals surface area contributed by atoms with Crippen LogP contribution < -0.4 is 5.32 Å². The van der Waals surface area contributed by atoms with Gasteiger partial charge in [0.15, 0.2) is 0 Å². The molecule has 1 atom stereocenters. The number of amides is 2. The normalized spacial score (nSPS) is 16.7. The van der Waals surface area contributed by atoms with Crippen LogP contribution in [0.5, 0.6) is 0 Å². The van der Waals surface area contributed by atoms with Crippen molar-refractivity contribution in [2.24, 2.45) is 0 Å². The van der Waals surface area contributed by atoms with E-state index in [0.29, 0.717) is 18.9 Å². The van der Waals surface area contributed by atoms with Gasteiger partial charge in [-0.3, -0.25) is 9.59 Å². The van der Waals surface area contributed by atoms with Crippen LogP contribution in [0.15, 0.2) is 18.6 Å². The molecule has 0 spiro atoms. The molecule has 2 aromatic heterocycles. The number of imidazole rings is 1. The molecule has 1 unspecified atom stereocenters. The number of aromatic nitrogens is 4. The lowest BCUT2D eigenvalue weighted by Crippen LogP contribution is -2.35. The van der Waals surface area contributed by atoms with Gasteiger partial charge < -0.3 is 14.8 Å². The van der Waals surface area contributed by atoms with Gasteiger partial charge in [0, 0.05) is 44.2 Å². The SMILES string of the molecule is CC(=O)NCc1cnc(C)nc1C1CCCN1C(=O)Cn1ccnc1C. The number of nitrogens with zero attached hydrogens (tertiary/aromatic N) is 5. The monoisotopic (exact) mass is 356 g/mol. The number of hydrogen-bond acceptors (Lipinski definition) is 5. The summed E-state index contributed by atoms with van der Waals surface area (Å²) in [5.74, 6) is 1.43. The van der Waals surface area contributed by atoms with E-state index in [-0.39, 0.29) is 24.4 Å². The number of likely N-dealkylation sites (tertiary alicyclic amines) is 1. The van der Waals surface area contributed by atoms with Crippen LogP contribution in [-0.4, -0.2) is 42.8 Å². The summed E-state index contributed by atoms with van der Waals surface area (Å²) < 4.78 is 1.85. The molecule has 138 valence electrons. The fraction of sp³-hybridized carbons (Fsp3) is 0.500. The maximum Gasteiger partial charge on any atom is 0.243 e. The quantitative estimate of drug-likeness (QED) is 0.871. The van der Waals surface area contributed by atoms with Crippen molar-refractivity contribution >= 4 is 11.8 Å². The molecule has 26 heavy (non-hydrogen) atoms. The van der Waals surface area contributed by atoms with Gasteiger partial charge in [-0.05, 0) is 26.7 Å². The van der Waals surface area contributed by atoms with E-state index in [4.69, 9.17) is 0 Å². The Hall–Kier alpha value is -2.77. The highest BCUT2D eigenvalue weighted by Gasteiger charge is 2.32. The molecule has 1 aliphatic heterocycles. The van der Waals surface area contributed by atoms with Crippen LogP contribution in [-0.2, 0) is 22.7 Å². The van der Waals surface area contributed by atoms with Crippen molar-refractivity contribution in [3.63, 3.8) is 0 Å². The Morgan fingerprint density at radius 2 is 2.12 bits per heavy atom. The molecule has 1 fully saturated rings. The van der Waals surface area contributed by atoms with Gasteiger partial charge in [-0.1, -0.05) is 0 Å². The van der Waals surface area contributed by atoms with Crippen LogP contribution in [0.1, 0.15) is 48.7 Å². The standard InChI is InChI=1S/C18H24N6O2/c1-12-20-9-15(10-21-14(3)25)18(22-12)16-5-4-7-24(16)17(26)11-23-8-6-19-13(23)2/h6,8-9,16H,4-5,7,10-11H2,1-3H3,(H,21,25). The average molecular weight is 356 g/mol. The van der Waals surface area contributed by atoms with E-state index < -0.39 is 0 Å². The number of nitrogens with one attached hydrogen (secondary N) is 1. The summed E-state index contributed by atoms with van der Waals surface area (Å²) in [6, 6.07) is -0.0863. The van der Waals surface area contributed by atoms with Crippen molar-refractivity contribution < 1.29 is 9.59 Å². The maximum atomic E-state index is 12.9. The predicted octanol–water partition coefficient (Wildman–Crippen LogP) is 1.29. The number of carbonyl (C=O) groups excluding carboxylic acids is 2. The molecule has 0 radical (unpaired) electrons. The zero-order chi connectivity index (χ0) is 18.7. The summed E-state index contributed by atoms with van der Waals surface area (Å²) in [5.41, 5.74) is 1.69. The van der Waals surface area contributed by atoms with E-state index in [1.807, 2.05) is 29.5 Å². The van der Waals surface area contributed by atoms with Crippen LogP contribution in [0, 0.1) is 13.8 Å². The second-order valence-corrected chi connectivity index (χ2v) is 6.58. The molecule has 1 N–H and O–H groups in total. The fourth-order valence-corrected chi connectivity index (χ4v) is 3.31. The third-order valence-corrected chi connectivity index (χ3v) is 4.66. The lowest BCUT2D eigenvalue weighted by atomic mass is 10.1. The number of hydrogen-bond donors (Lipinski definition) is 1. The lowest BCUT2D eigenvalue weighted by molar-refractivity contribution is -0.133. The van der Waals surface area contributed by atoms with E-state index >= 15 is 0 Å². The third-order valence-electron chi connectivity index (χ3n) is 4.66. The van der Waals surface area contributed by atoms with Gasteiger partial charge in [0.05, 0.1) is 11.7 Å². The summed E-state index contributed by atoms with van der Waals surface area (Å²) in [7, 11) is 0. The van der Waals surface area contributed by atoms with Gasteiger partial charge in [0.25, 0.3) is 0 Å². The van der Waals surface area contributed by atoms with Gasteiger partial charge >= 0.3 is 0 Å². The van der Waals surface area contributed by atoms with Crippen LogP contribution in [0.2, 0.25) is 0 Å². The molecule has 2 aromatic rings. The average Bonchev–Trinajstić information content (AvgIpc) is 3.23. The molecule has 8 nitrogen and oxygen atoms in total. The van der Waals surface area contributed by atoms with Gasteiger partial charge in [-0.2, -0.15) is 0 Å². The van der Waals surface area contributed by atoms with Crippen LogP contribution in [0.25, 0.3) is 0 Å². The van der Waals surface area contributed by atoms with Gasteiger partial charge in [0.2, 0.25) is 11.8 Å². The number of rotatable bonds is 5. The highest BCUT2D eigenvalue weighted by Crippen LogP contribution is 2.33. The largest absolute Gasteiger partial charge is 0.352 e. The van der Waals surface area contributed by atoms with Crippen molar-refractivity contribution in [3.05, 3.63) is 41.5 Å². The molecule has 3 heterocycles. The Morgan fingerprint density at radius 3 is 2.81 bits per heavy atom. The molecule has 1 aliphatic rings. The highest BCUT2D eigenvalue weighted by molar-refractivity contribution is 5.77. The molecular weight excluding hydrogens is 332 g/mol. The van der Waals surface area contributed by atoms with Crippen molar-refractivity contribution in [3.8, 4) is 0 Å². The summed E-state index contributed by atoms with van der Waals surface area (Å²) in [6.45, 7) is 6.54. The van der Waals surface area contributed by atoms with E-state index in [0.717, 1.165) is 29.9 Å². The zero-order valence-electron chi connectivity index (χ0n) is 15.4. The number of carbonyl (C=O) groups is 2. The Morgan fingerprint density at radius 1 is 1.31 bits per heavy atom. The molecule has 0 bridgehead atoms. The van der Waals surface area contributed by atoms with Crippen molar-refractivity contribution in [1.29, 1.82) is 0 Å². The third kappa shape index (κ3) is 3.89. The van der Waals surface area contributed by atoms with Crippen LogP contribution >= 0.6 is 0 Å². The fourth-order valence-electron chi connectivity index (χ4n) is 3.31. The molecular formula is C18H24N6O2. The second kappa shape index (κ2) is 7.63. The van der Waals surface area contributed by atoms with Crippen molar-refractivity contribution in [1.82, 2.24) is 29.7 Å². The zero-order valence-corrected chi connectivity index (χ0v) is 15.4. The van der Waals surface area contributed by atoms with Gasteiger partial charge in [0.1, 0.15) is 18.2 Å². The Balaban J connectivity index is 1.83. The second-order valence-electron chi connectivity index (χ2n) is 6.58. The molecule has 2 amide bonds. The first-order valence-electron chi connectivity index (χ1n) is 8.79. The predicted molar refractivity (Wildman–Crippen MR) is 94.9 cm³/mol. The van der Waals surface area contributed by atoms with E-state index in [1.165, 1.54) is 6.92 Å². The molecule has 8 heteroatoms. The van der Waals surface area contributed by atoms with E-state index in [9.17, 15) is 9.59 Å². The van der Waals surface area contributed by atoms with Crippen LogP contribution in [0.4, 0.5) is 0 Å². The smallest absolute Gasteiger partial charge is 0.243 e. The van der Waals surface area contributed by atoms with Gasteiger partial charge in [-0.15, -0.1) is 0 Å². The minimum Gasteiger partial charge on any atom is -0.352 e. The molecule has 0 saturated carbocycles. The van der Waals surface area contributed by atoms with Crippen LogP contribution in [0.3, 0.4) is 0 Å². The van der Waals surface area contributed by atoms with Crippen molar-refractivity contribution in [2.75, 3.05) is 6.54 Å². The Labute approximate surface area is 152 Å². The minimum atomic E-state index is -0.105. The first-order valence-corrected chi connectivity index (χ1v) is 8.79. The van der Waals surface area contributed by atoms with E-state index in [1.54, 1.807) is 12.4 Å². The summed E-state index contributed by atoms with van der Waals surface area (Å²) in [4.78, 5) is 39.1. The van der Waals surface area contributed by atoms with Crippen molar-refractivity contribution in [2.45, 2.75) is 52.7 Å². The van der Waals surface area contributed by atoms with E-state index in [2.05, 4.69) is 20.3 Å². The number of aryl methyl sites for hydroxylation is 2. The first-order chi connectivity index (χ1) is 12.5. The Bertz CT molecular complexity index is 816. The first kappa shape index (κ1) is 18.0. The minimum absolute atomic E-state index is 0.0512. The summed E-state index contributed by atoms with van der Waals surface area (Å²) in [5, 5.41) is 2.80. The molecule has 1 saturated heterocycles. The lowest BCUT2D eigenvalue weighted by Gasteiger charge is -2.26. The molecule has 0 aromatic carbocycles.